The number of carbonyl (C=O) groups excluding carboxylic acids is 1. The van der Waals surface area contributed by atoms with Crippen LogP contribution in [0.2, 0.25) is 0 Å². The Balaban J connectivity index is 2.18. The lowest BCUT2D eigenvalue weighted by atomic mass is 9.86. The molecule has 0 fully saturated rings. The summed E-state index contributed by atoms with van der Waals surface area (Å²) in [5, 5.41) is 20.0. The maximum absolute atomic E-state index is 12.1. The van der Waals surface area contributed by atoms with E-state index in [1.165, 1.54) is 24.3 Å². The Bertz CT molecular complexity index is 743. The highest BCUT2D eigenvalue weighted by atomic mass is 16.7. The summed E-state index contributed by atoms with van der Waals surface area (Å²) in [6.45, 7) is 11.7. The molecule has 0 saturated carbocycles. The lowest BCUT2D eigenvalue weighted by Gasteiger charge is -2.21. The first-order valence-corrected chi connectivity index (χ1v) is 8.44. The molecular formula is C21H26O5. The van der Waals surface area contributed by atoms with Crippen LogP contribution in [-0.4, -0.2) is 16.4 Å². The predicted molar refractivity (Wildman–Crippen MR) is 100 cm³/mol. The van der Waals surface area contributed by atoms with Crippen LogP contribution >= 0.6 is 0 Å². The van der Waals surface area contributed by atoms with E-state index in [9.17, 15) is 15.0 Å². The number of hydrogen-bond donors (Lipinski definition) is 2. The van der Waals surface area contributed by atoms with Crippen LogP contribution in [0.25, 0.3) is 0 Å². The molecule has 0 bridgehead atoms. The number of phenolic OH excluding ortho intramolecular Hbond substituents is 2. The third kappa shape index (κ3) is 4.69. The first-order chi connectivity index (χ1) is 11.9. The van der Waals surface area contributed by atoms with Gasteiger partial charge in [-0.05, 0) is 47.2 Å². The van der Waals surface area contributed by atoms with Crippen molar-refractivity contribution in [1.82, 2.24) is 0 Å². The van der Waals surface area contributed by atoms with Crippen LogP contribution in [0.1, 0.15) is 52.7 Å². The molecule has 0 aromatic heterocycles. The van der Waals surface area contributed by atoms with Crippen molar-refractivity contribution in [2.45, 2.75) is 52.4 Å². The van der Waals surface area contributed by atoms with Crippen LogP contribution in [0.3, 0.4) is 0 Å². The molecule has 0 aliphatic heterocycles. The molecule has 0 spiro atoms. The van der Waals surface area contributed by atoms with Gasteiger partial charge in [0.1, 0.15) is 23.0 Å². The van der Waals surface area contributed by atoms with Gasteiger partial charge in [-0.1, -0.05) is 41.5 Å². The van der Waals surface area contributed by atoms with Crippen molar-refractivity contribution in [2.75, 3.05) is 0 Å². The second-order valence-electron chi connectivity index (χ2n) is 8.31. The molecule has 2 rings (SSSR count). The monoisotopic (exact) mass is 358 g/mol. The second-order valence-corrected chi connectivity index (χ2v) is 8.31. The van der Waals surface area contributed by atoms with Gasteiger partial charge in [-0.25, -0.2) is 4.79 Å². The van der Waals surface area contributed by atoms with Gasteiger partial charge in [0, 0.05) is 11.1 Å². The Morgan fingerprint density at radius 3 is 1.38 bits per heavy atom. The van der Waals surface area contributed by atoms with Crippen molar-refractivity contribution in [2.24, 2.45) is 0 Å². The molecule has 0 heterocycles. The standard InChI is InChI=1S/C21H26O5/c1-20(2,3)15-11-13(7-9-17(15)22)25-19(24)26-14-8-10-18(23)16(12-14)21(4,5)6/h7-12,22-23H,1-6H3. The lowest BCUT2D eigenvalue weighted by molar-refractivity contribution is 0.151. The Morgan fingerprint density at radius 2 is 1.08 bits per heavy atom. The van der Waals surface area contributed by atoms with E-state index in [1.807, 2.05) is 41.5 Å². The number of aromatic hydroxyl groups is 2. The average Bonchev–Trinajstić information content (AvgIpc) is 2.49. The third-order valence-electron chi connectivity index (χ3n) is 3.95. The summed E-state index contributed by atoms with van der Waals surface area (Å²) in [4.78, 5) is 12.1. The largest absolute Gasteiger partial charge is 0.519 e. The minimum absolute atomic E-state index is 0.145. The fourth-order valence-electron chi connectivity index (χ4n) is 2.57. The minimum atomic E-state index is -0.888. The first kappa shape index (κ1) is 19.6. The Hall–Kier alpha value is -2.69. The van der Waals surface area contributed by atoms with Gasteiger partial charge < -0.3 is 19.7 Å². The zero-order chi connectivity index (χ0) is 19.7. The molecule has 0 saturated heterocycles. The lowest BCUT2D eigenvalue weighted by Crippen LogP contribution is -2.16. The molecule has 26 heavy (non-hydrogen) atoms. The van der Waals surface area contributed by atoms with Crippen LogP contribution in [0.5, 0.6) is 23.0 Å². The molecule has 2 N–H and O–H groups in total. The van der Waals surface area contributed by atoms with E-state index >= 15 is 0 Å². The van der Waals surface area contributed by atoms with E-state index in [0.717, 1.165) is 0 Å². The number of phenols is 2. The van der Waals surface area contributed by atoms with E-state index in [-0.39, 0.29) is 33.8 Å². The maximum atomic E-state index is 12.1. The normalized spacial score (nSPS) is 11.9. The number of ether oxygens (including phenoxy) is 2. The summed E-state index contributed by atoms with van der Waals surface area (Å²) in [7, 11) is 0. The highest BCUT2D eigenvalue weighted by molar-refractivity contribution is 5.68. The Kier molecular flexibility index (Phi) is 5.21. The van der Waals surface area contributed by atoms with Gasteiger partial charge in [-0.2, -0.15) is 0 Å². The highest BCUT2D eigenvalue weighted by Crippen LogP contribution is 2.35. The number of benzene rings is 2. The molecule has 0 unspecified atom stereocenters. The number of carbonyl (C=O) groups is 1. The summed E-state index contributed by atoms with van der Waals surface area (Å²) in [6, 6.07) is 9.22. The first-order valence-electron chi connectivity index (χ1n) is 8.44. The van der Waals surface area contributed by atoms with E-state index in [4.69, 9.17) is 9.47 Å². The van der Waals surface area contributed by atoms with Crippen LogP contribution in [0.15, 0.2) is 36.4 Å². The van der Waals surface area contributed by atoms with Gasteiger partial charge in [0.25, 0.3) is 0 Å². The molecule has 0 aliphatic carbocycles. The van der Waals surface area contributed by atoms with Gasteiger partial charge in [-0.15, -0.1) is 0 Å². The minimum Gasteiger partial charge on any atom is -0.508 e. The van der Waals surface area contributed by atoms with Crippen molar-refractivity contribution in [3.05, 3.63) is 47.5 Å². The smallest absolute Gasteiger partial charge is 0.508 e. The molecule has 2 aromatic rings. The van der Waals surface area contributed by atoms with E-state index < -0.39 is 6.16 Å². The Labute approximate surface area is 154 Å². The summed E-state index contributed by atoms with van der Waals surface area (Å²) in [5.74, 6) is 0.859. The van der Waals surface area contributed by atoms with Gasteiger partial charge in [-0.3, -0.25) is 0 Å². The van der Waals surface area contributed by atoms with E-state index in [2.05, 4.69) is 0 Å². The predicted octanol–water partition coefficient (Wildman–Crippen LogP) is 5.27. The molecule has 0 radical (unpaired) electrons. The van der Waals surface area contributed by atoms with Gasteiger partial charge in [0.05, 0.1) is 0 Å². The van der Waals surface area contributed by atoms with Crippen molar-refractivity contribution in [3.8, 4) is 23.0 Å². The van der Waals surface area contributed by atoms with Gasteiger partial charge in [0.2, 0.25) is 0 Å². The molecule has 140 valence electrons. The third-order valence-corrected chi connectivity index (χ3v) is 3.95. The number of hydrogen-bond acceptors (Lipinski definition) is 5. The van der Waals surface area contributed by atoms with Crippen LogP contribution < -0.4 is 9.47 Å². The zero-order valence-electron chi connectivity index (χ0n) is 16.1. The summed E-state index contributed by atoms with van der Waals surface area (Å²) in [6.07, 6.45) is -0.888. The fraction of sp³-hybridized carbons (Fsp3) is 0.381. The topological polar surface area (TPSA) is 76.0 Å². The van der Waals surface area contributed by atoms with Crippen molar-refractivity contribution in [3.63, 3.8) is 0 Å². The quantitative estimate of drug-likeness (QED) is 0.565. The van der Waals surface area contributed by atoms with Crippen molar-refractivity contribution < 1.29 is 24.5 Å². The van der Waals surface area contributed by atoms with Crippen LogP contribution in [0, 0.1) is 0 Å². The fourth-order valence-corrected chi connectivity index (χ4v) is 2.57. The highest BCUT2D eigenvalue weighted by Gasteiger charge is 2.21. The average molecular weight is 358 g/mol. The van der Waals surface area contributed by atoms with Gasteiger partial charge >= 0.3 is 6.16 Å². The number of rotatable bonds is 2. The van der Waals surface area contributed by atoms with Crippen molar-refractivity contribution >= 4 is 6.16 Å². The zero-order valence-corrected chi connectivity index (χ0v) is 16.1. The molecule has 2 aromatic carbocycles. The van der Waals surface area contributed by atoms with Crippen molar-refractivity contribution in [1.29, 1.82) is 0 Å². The molecule has 0 amide bonds. The maximum Gasteiger partial charge on any atom is 0.519 e. The molecule has 0 aliphatic rings. The molecular weight excluding hydrogens is 332 g/mol. The molecule has 5 heteroatoms. The second kappa shape index (κ2) is 6.90. The Morgan fingerprint density at radius 1 is 0.731 bits per heavy atom. The summed E-state index contributed by atoms with van der Waals surface area (Å²) >= 11 is 0. The SMILES string of the molecule is CC(C)(C)c1cc(OC(=O)Oc2ccc(O)c(C(C)(C)C)c2)ccc1O. The summed E-state index contributed by atoms with van der Waals surface area (Å²) < 4.78 is 10.5. The van der Waals surface area contributed by atoms with Gasteiger partial charge in [0.15, 0.2) is 0 Å². The van der Waals surface area contributed by atoms with E-state index in [1.54, 1.807) is 12.1 Å². The van der Waals surface area contributed by atoms with E-state index in [0.29, 0.717) is 11.1 Å². The molecule has 0 atom stereocenters. The molecule has 5 nitrogen and oxygen atoms in total. The van der Waals surface area contributed by atoms with Crippen LogP contribution in [-0.2, 0) is 10.8 Å². The summed E-state index contributed by atoms with van der Waals surface area (Å²) in [5.41, 5.74) is 0.739. The van der Waals surface area contributed by atoms with Crippen LogP contribution in [0.4, 0.5) is 4.79 Å².